The Morgan fingerprint density at radius 3 is 2.77 bits per heavy atom. The number of halogens is 2. The molecule has 4 rings (SSSR count). The quantitative estimate of drug-likeness (QED) is 0.799. The number of benzene rings is 1. The molecule has 2 amide bonds. The Kier molecular flexibility index (Phi) is 5.55. The molecule has 1 aromatic heterocycles. The standard InChI is InChI=1S/C21H25F2N5O2/c1-27-7-5-18(26-27)24-20(30)12-28-11-17(14-8-15(22)10-16(23)9-14)21(13-28)6-3-2-4-19(29)25-21/h5,7-10,17H,2-4,6,11-13H2,1H3,(H,25,29)(H,24,26,30)/t17-,21+/m0/s1. The van der Waals surface area contributed by atoms with Crippen LogP contribution in [0, 0.1) is 11.6 Å². The lowest BCUT2D eigenvalue weighted by Crippen LogP contribution is -2.52. The van der Waals surface area contributed by atoms with E-state index >= 15 is 0 Å². The van der Waals surface area contributed by atoms with Gasteiger partial charge >= 0.3 is 0 Å². The number of carbonyl (C=O) groups excluding carboxylic acids is 2. The number of amides is 2. The molecule has 30 heavy (non-hydrogen) atoms. The highest BCUT2D eigenvalue weighted by Gasteiger charge is 2.49. The first kappa shape index (κ1) is 20.5. The van der Waals surface area contributed by atoms with E-state index in [1.807, 2.05) is 4.90 Å². The van der Waals surface area contributed by atoms with Crippen molar-refractivity contribution < 1.29 is 18.4 Å². The van der Waals surface area contributed by atoms with Crippen LogP contribution in [-0.4, -0.2) is 51.7 Å². The van der Waals surface area contributed by atoms with Gasteiger partial charge in [0, 0.05) is 50.8 Å². The molecule has 1 spiro atoms. The Labute approximate surface area is 173 Å². The van der Waals surface area contributed by atoms with Crippen LogP contribution in [0.15, 0.2) is 30.5 Å². The highest BCUT2D eigenvalue weighted by atomic mass is 19.1. The molecular formula is C21H25F2N5O2. The van der Waals surface area contributed by atoms with Gasteiger partial charge < -0.3 is 10.6 Å². The Morgan fingerprint density at radius 2 is 2.07 bits per heavy atom. The second-order valence-electron chi connectivity index (χ2n) is 8.26. The minimum atomic E-state index is -0.654. The van der Waals surface area contributed by atoms with Crippen molar-refractivity contribution >= 4 is 17.6 Å². The number of aryl methyl sites for hydroxylation is 1. The molecule has 2 fully saturated rings. The summed E-state index contributed by atoms with van der Waals surface area (Å²) in [6, 6.07) is 5.19. The molecule has 0 radical (unpaired) electrons. The molecule has 2 aliphatic rings. The Hall–Kier alpha value is -2.81. The van der Waals surface area contributed by atoms with E-state index in [2.05, 4.69) is 15.7 Å². The van der Waals surface area contributed by atoms with Crippen LogP contribution in [0.4, 0.5) is 14.6 Å². The van der Waals surface area contributed by atoms with Gasteiger partial charge in [0.05, 0.1) is 12.1 Å². The van der Waals surface area contributed by atoms with Crippen LogP contribution in [0.2, 0.25) is 0 Å². The van der Waals surface area contributed by atoms with Gasteiger partial charge in [-0.1, -0.05) is 6.42 Å². The molecule has 0 saturated carbocycles. The fraction of sp³-hybridized carbons (Fsp3) is 0.476. The number of likely N-dealkylation sites (tertiary alicyclic amines) is 1. The second-order valence-corrected chi connectivity index (χ2v) is 8.26. The summed E-state index contributed by atoms with van der Waals surface area (Å²) in [6.45, 7) is 0.957. The van der Waals surface area contributed by atoms with E-state index in [1.54, 1.807) is 24.0 Å². The first-order valence-corrected chi connectivity index (χ1v) is 10.1. The third kappa shape index (κ3) is 4.35. The first-order valence-electron chi connectivity index (χ1n) is 10.1. The summed E-state index contributed by atoms with van der Waals surface area (Å²) < 4.78 is 29.5. The van der Waals surface area contributed by atoms with E-state index in [1.165, 1.54) is 12.1 Å². The van der Waals surface area contributed by atoms with Gasteiger partial charge in [0.1, 0.15) is 11.6 Å². The normalized spacial score (nSPS) is 24.6. The number of rotatable bonds is 4. The van der Waals surface area contributed by atoms with Gasteiger partial charge in [0.25, 0.3) is 0 Å². The van der Waals surface area contributed by atoms with E-state index in [0.29, 0.717) is 37.3 Å². The molecule has 9 heteroatoms. The fourth-order valence-corrected chi connectivity index (χ4v) is 4.70. The number of anilines is 1. The zero-order valence-electron chi connectivity index (χ0n) is 16.8. The Balaban J connectivity index is 1.57. The SMILES string of the molecule is Cn1ccc(NC(=O)CN2C[C@@H](c3cc(F)cc(F)c3)[C@@]3(CCCCC(=O)N3)C2)n1. The Bertz CT molecular complexity index is 942. The maximum absolute atomic E-state index is 13.9. The van der Waals surface area contributed by atoms with Crippen LogP contribution in [0.1, 0.15) is 37.2 Å². The molecule has 2 N–H and O–H groups in total. The van der Waals surface area contributed by atoms with Crippen molar-refractivity contribution in [1.82, 2.24) is 20.0 Å². The molecule has 0 unspecified atom stereocenters. The van der Waals surface area contributed by atoms with Crippen LogP contribution >= 0.6 is 0 Å². The minimum absolute atomic E-state index is 0.0610. The van der Waals surface area contributed by atoms with Crippen molar-refractivity contribution in [2.45, 2.75) is 37.1 Å². The van der Waals surface area contributed by atoms with Crippen molar-refractivity contribution in [3.05, 3.63) is 47.7 Å². The second kappa shape index (κ2) is 8.14. The molecule has 2 aromatic rings. The van der Waals surface area contributed by atoms with Crippen LogP contribution in [0.5, 0.6) is 0 Å². The molecule has 2 saturated heterocycles. The molecule has 3 heterocycles. The molecule has 7 nitrogen and oxygen atoms in total. The number of hydrogen-bond donors (Lipinski definition) is 2. The van der Waals surface area contributed by atoms with Gasteiger partial charge in [-0.25, -0.2) is 8.78 Å². The maximum Gasteiger partial charge on any atom is 0.239 e. The largest absolute Gasteiger partial charge is 0.349 e. The summed E-state index contributed by atoms with van der Waals surface area (Å²) in [6.07, 6.45) is 4.47. The van der Waals surface area contributed by atoms with Gasteiger partial charge in [-0.2, -0.15) is 5.10 Å². The number of nitrogens with zero attached hydrogens (tertiary/aromatic N) is 3. The van der Waals surface area contributed by atoms with Crippen LogP contribution in [-0.2, 0) is 16.6 Å². The minimum Gasteiger partial charge on any atom is -0.349 e. The van der Waals surface area contributed by atoms with Gasteiger partial charge in [-0.15, -0.1) is 0 Å². The number of carbonyl (C=O) groups is 2. The maximum atomic E-state index is 13.9. The molecule has 1 aromatic carbocycles. The van der Waals surface area contributed by atoms with Crippen molar-refractivity contribution in [3.8, 4) is 0 Å². The van der Waals surface area contributed by atoms with E-state index in [-0.39, 0.29) is 24.3 Å². The number of hydrogen-bond acceptors (Lipinski definition) is 4. The van der Waals surface area contributed by atoms with E-state index in [0.717, 1.165) is 18.9 Å². The predicted octanol–water partition coefficient (Wildman–Crippen LogP) is 2.17. The fourth-order valence-electron chi connectivity index (χ4n) is 4.70. The third-order valence-electron chi connectivity index (χ3n) is 5.91. The lowest BCUT2D eigenvalue weighted by Gasteiger charge is -2.35. The van der Waals surface area contributed by atoms with Crippen molar-refractivity contribution in [3.63, 3.8) is 0 Å². The monoisotopic (exact) mass is 417 g/mol. The van der Waals surface area contributed by atoms with Gasteiger partial charge in [0.15, 0.2) is 5.82 Å². The van der Waals surface area contributed by atoms with Crippen LogP contribution in [0.3, 0.4) is 0 Å². The van der Waals surface area contributed by atoms with Crippen LogP contribution in [0.25, 0.3) is 0 Å². The van der Waals surface area contributed by atoms with Gasteiger partial charge in [0.2, 0.25) is 11.8 Å². The molecule has 0 aliphatic carbocycles. The first-order chi connectivity index (χ1) is 14.3. The van der Waals surface area contributed by atoms with Crippen molar-refractivity contribution in [2.24, 2.45) is 7.05 Å². The molecule has 2 aliphatic heterocycles. The zero-order chi connectivity index (χ0) is 21.3. The molecule has 160 valence electrons. The third-order valence-corrected chi connectivity index (χ3v) is 5.91. The van der Waals surface area contributed by atoms with E-state index in [4.69, 9.17) is 0 Å². The number of aromatic nitrogens is 2. The van der Waals surface area contributed by atoms with Gasteiger partial charge in [-0.3, -0.25) is 19.2 Å². The van der Waals surface area contributed by atoms with Gasteiger partial charge in [-0.05, 0) is 30.5 Å². The lowest BCUT2D eigenvalue weighted by molar-refractivity contribution is -0.122. The molecule has 2 atom stereocenters. The zero-order valence-corrected chi connectivity index (χ0v) is 16.8. The van der Waals surface area contributed by atoms with Crippen molar-refractivity contribution in [2.75, 3.05) is 25.0 Å². The van der Waals surface area contributed by atoms with E-state index < -0.39 is 17.2 Å². The summed E-state index contributed by atoms with van der Waals surface area (Å²) in [5, 5.41) is 10.0. The van der Waals surface area contributed by atoms with Crippen molar-refractivity contribution in [1.29, 1.82) is 0 Å². The smallest absolute Gasteiger partial charge is 0.239 e. The predicted molar refractivity (Wildman–Crippen MR) is 107 cm³/mol. The lowest BCUT2D eigenvalue weighted by atomic mass is 9.79. The Morgan fingerprint density at radius 1 is 1.30 bits per heavy atom. The van der Waals surface area contributed by atoms with E-state index in [9.17, 15) is 18.4 Å². The van der Waals surface area contributed by atoms with Crippen LogP contribution < -0.4 is 10.6 Å². The molecule has 0 bridgehead atoms. The average Bonchev–Trinajstić information content (AvgIpc) is 3.15. The average molecular weight is 417 g/mol. The summed E-state index contributed by atoms with van der Waals surface area (Å²) in [4.78, 5) is 26.8. The summed E-state index contributed by atoms with van der Waals surface area (Å²) >= 11 is 0. The number of nitrogens with one attached hydrogen (secondary N) is 2. The summed E-state index contributed by atoms with van der Waals surface area (Å²) in [7, 11) is 1.76. The highest BCUT2D eigenvalue weighted by Crippen LogP contribution is 2.41. The topological polar surface area (TPSA) is 79.3 Å². The molecular weight excluding hydrogens is 392 g/mol. The summed E-state index contributed by atoms with van der Waals surface area (Å²) in [5.41, 5.74) is -0.152. The highest BCUT2D eigenvalue weighted by molar-refractivity contribution is 5.91. The summed E-state index contributed by atoms with van der Waals surface area (Å²) in [5.74, 6) is -1.43.